The lowest BCUT2D eigenvalue weighted by Crippen LogP contribution is -2.35. The first kappa shape index (κ1) is 36.2. The molecule has 4 nitrogen and oxygen atoms in total. The van der Waals surface area contributed by atoms with Crippen LogP contribution in [0.2, 0.25) is 0 Å². The Morgan fingerprint density at radius 3 is 1.64 bits per heavy atom. The van der Waals surface area contributed by atoms with Crippen LogP contribution in [0.1, 0.15) is 75.7 Å². The van der Waals surface area contributed by atoms with Crippen molar-refractivity contribution in [2.45, 2.75) is 81.8 Å². The topological polar surface area (TPSA) is 74.6 Å². The second-order valence-corrected chi connectivity index (χ2v) is 13.0. The minimum Gasteiger partial charge on any atom is -0.504 e. The Hall–Kier alpha value is -4.02. The van der Waals surface area contributed by atoms with E-state index in [1.54, 1.807) is 19.9 Å². The molecule has 0 saturated heterocycles. The third-order valence-corrected chi connectivity index (χ3v) is 7.97. The molecule has 2 aliphatic carbocycles. The number of aliphatic hydroxyl groups excluding tert-OH is 2. The van der Waals surface area contributed by atoms with Crippen molar-refractivity contribution in [2.75, 3.05) is 0 Å². The molecule has 0 bridgehead atoms. The fourth-order valence-electron chi connectivity index (χ4n) is 5.32. The van der Waals surface area contributed by atoms with Gasteiger partial charge in [0.05, 0.1) is 0 Å². The van der Waals surface area contributed by atoms with Gasteiger partial charge in [0.15, 0.2) is 11.5 Å². The molecule has 0 aromatic heterocycles. The minimum absolute atomic E-state index is 0.176. The van der Waals surface area contributed by atoms with Crippen LogP contribution in [0.4, 0.5) is 0 Å². The molecule has 1 unspecified atom stereocenters. The Labute approximate surface area is 265 Å². The van der Waals surface area contributed by atoms with Crippen LogP contribution < -0.4 is 0 Å². The Balaban J connectivity index is 1.95. The van der Waals surface area contributed by atoms with Gasteiger partial charge in [-0.2, -0.15) is 0 Å². The summed E-state index contributed by atoms with van der Waals surface area (Å²) in [6.45, 7) is 19.8. The standard InChI is InChI=1S/C40H50O4/c1-27(17-13-19-29(3)21-23-33-31(5)37(43)35(41)25-39(33,7)8)15-11-12-16-28(2)18-14-20-30(4)22-24-34-32(6)38(44)36(42)26-40(34,9)10/h11-25,36,41-42H,26H2,1-10H3. The van der Waals surface area contributed by atoms with E-state index in [1.807, 2.05) is 114 Å². The van der Waals surface area contributed by atoms with Gasteiger partial charge in [0.1, 0.15) is 6.10 Å². The minimum atomic E-state index is -0.908. The average Bonchev–Trinajstić information content (AvgIpc) is 2.92. The van der Waals surface area contributed by atoms with Crippen LogP contribution in [0, 0.1) is 10.8 Å². The second kappa shape index (κ2) is 15.6. The number of aliphatic hydroxyl groups is 2. The van der Waals surface area contributed by atoms with E-state index in [1.165, 1.54) is 0 Å². The fraction of sp³-hybridized carbons (Fsp3) is 0.350. The van der Waals surface area contributed by atoms with Gasteiger partial charge in [-0.3, -0.25) is 9.59 Å². The number of hydrogen-bond acceptors (Lipinski definition) is 4. The third kappa shape index (κ3) is 10.3. The zero-order valence-corrected chi connectivity index (χ0v) is 28.2. The van der Waals surface area contributed by atoms with Crippen molar-refractivity contribution in [2.24, 2.45) is 10.8 Å². The highest BCUT2D eigenvalue weighted by molar-refractivity contribution is 6.08. The molecule has 0 spiro atoms. The van der Waals surface area contributed by atoms with Crippen LogP contribution in [-0.2, 0) is 9.59 Å². The van der Waals surface area contributed by atoms with Gasteiger partial charge in [-0.25, -0.2) is 0 Å². The summed E-state index contributed by atoms with van der Waals surface area (Å²) >= 11 is 0. The summed E-state index contributed by atoms with van der Waals surface area (Å²) in [5, 5.41) is 19.9. The van der Waals surface area contributed by atoms with Crippen LogP contribution in [-0.4, -0.2) is 27.9 Å². The predicted molar refractivity (Wildman–Crippen MR) is 185 cm³/mol. The summed E-state index contributed by atoms with van der Waals surface area (Å²) in [6, 6.07) is 0. The highest BCUT2D eigenvalue weighted by Gasteiger charge is 2.36. The van der Waals surface area contributed by atoms with Gasteiger partial charge in [-0.15, -0.1) is 0 Å². The van der Waals surface area contributed by atoms with E-state index < -0.39 is 11.5 Å². The van der Waals surface area contributed by atoms with Gasteiger partial charge in [0.25, 0.3) is 0 Å². The summed E-state index contributed by atoms with van der Waals surface area (Å²) in [4.78, 5) is 24.4. The van der Waals surface area contributed by atoms with E-state index in [0.717, 1.165) is 33.4 Å². The number of Topliss-reactive ketones (excluding diaryl/α,β-unsaturated/α-hetero) is 2. The quantitative estimate of drug-likeness (QED) is 0.247. The zero-order chi connectivity index (χ0) is 33.2. The van der Waals surface area contributed by atoms with E-state index in [4.69, 9.17) is 0 Å². The normalized spacial score (nSPS) is 22.7. The molecule has 234 valence electrons. The maximum Gasteiger partial charge on any atom is 0.222 e. The van der Waals surface area contributed by atoms with Crippen molar-refractivity contribution in [1.82, 2.24) is 0 Å². The van der Waals surface area contributed by atoms with Crippen LogP contribution in [0.25, 0.3) is 0 Å². The van der Waals surface area contributed by atoms with Gasteiger partial charge in [-0.1, -0.05) is 135 Å². The number of rotatable bonds is 10. The molecular formula is C40H50O4. The lowest BCUT2D eigenvalue weighted by atomic mass is 9.71. The van der Waals surface area contributed by atoms with Crippen molar-refractivity contribution < 1.29 is 19.8 Å². The van der Waals surface area contributed by atoms with E-state index >= 15 is 0 Å². The van der Waals surface area contributed by atoms with Crippen LogP contribution in [0.15, 0.2) is 141 Å². The second-order valence-electron chi connectivity index (χ2n) is 13.0. The number of hydrogen-bond donors (Lipinski definition) is 2. The molecule has 0 amide bonds. The zero-order valence-electron chi connectivity index (χ0n) is 28.2. The van der Waals surface area contributed by atoms with Gasteiger partial charge >= 0.3 is 0 Å². The summed E-state index contributed by atoms with van der Waals surface area (Å²) < 4.78 is 0. The number of ketones is 2. The Kier molecular flexibility index (Phi) is 12.8. The molecule has 0 aromatic rings. The van der Waals surface area contributed by atoms with Gasteiger partial charge in [0.2, 0.25) is 5.78 Å². The molecule has 44 heavy (non-hydrogen) atoms. The number of carbonyl (C=O) groups is 2. The summed E-state index contributed by atoms with van der Waals surface area (Å²) in [7, 11) is 0. The molecular weight excluding hydrogens is 544 g/mol. The van der Waals surface area contributed by atoms with Crippen molar-refractivity contribution in [1.29, 1.82) is 0 Å². The summed E-state index contributed by atoms with van der Waals surface area (Å²) in [6.07, 6.45) is 29.4. The summed E-state index contributed by atoms with van der Waals surface area (Å²) in [5.74, 6) is -0.669. The number of carbonyl (C=O) groups excluding carboxylic acids is 2. The lowest BCUT2D eigenvalue weighted by molar-refractivity contribution is -0.125. The van der Waals surface area contributed by atoms with E-state index in [-0.39, 0.29) is 22.7 Å². The Morgan fingerprint density at radius 1 is 0.705 bits per heavy atom. The molecule has 1 atom stereocenters. The molecule has 4 heteroatoms. The highest BCUT2D eigenvalue weighted by atomic mass is 16.3. The monoisotopic (exact) mass is 594 g/mol. The maximum atomic E-state index is 12.2. The first-order valence-corrected chi connectivity index (χ1v) is 15.2. The van der Waals surface area contributed by atoms with Crippen molar-refractivity contribution in [3.8, 4) is 0 Å². The van der Waals surface area contributed by atoms with E-state index in [9.17, 15) is 19.8 Å². The lowest BCUT2D eigenvalue weighted by Gasteiger charge is -2.34. The predicted octanol–water partition coefficient (Wildman–Crippen LogP) is 9.60. The third-order valence-electron chi connectivity index (χ3n) is 7.97. The van der Waals surface area contributed by atoms with Gasteiger partial charge < -0.3 is 10.2 Å². The average molecular weight is 595 g/mol. The molecule has 0 aromatic carbocycles. The molecule has 0 saturated carbocycles. The van der Waals surface area contributed by atoms with Gasteiger partial charge in [-0.05, 0) is 76.2 Å². The van der Waals surface area contributed by atoms with Crippen molar-refractivity contribution in [3.05, 3.63) is 141 Å². The van der Waals surface area contributed by atoms with Gasteiger partial charge in [0, 0.05) is 11.0 Å². The molecule has 0 fully saturated rings. The Bertz CT molecular complexity index is 1450. The molecule has 0 aliphatic heterocycles. The van der Waals surface area contributed by atoms with Crippen LogP contribution >= 0.6 is 0 Å². The molecule has 2 N–H and O–H groups in total. The van der Waals surface area contributed by atoms with Crippen LogP contribution in [0.3, 0.4) is 0 Å². The number of allylic oxidation sites excluding steroid dienone is 22. The van der Waals surface area contributed by atoms with Crippen molar-refractivity contribution >= 4 is 11.6 Å². The highest BCUT2D eigenvalue weighted by Crippen LogP contribution is 2.40. The molecule has 0 radical (unpaired) electrons. The largest absolute Gasteiger partial charge is 0.504 e. The maximum absolute atomic E-state index is 12.2. The van der Waals surface area contributed by atoms with E-state index in [0.29, 0.717) is 17.6 Å². The summed E-state index contributed by atoms with van der Waals surface area (Å²) in [5.41, 5.74) is 6.81. The Morgan fingerprint density at radius 2 is 1.14 bits per heavy atom. The SMILES string of the molecule is CC(C=CC=C(C)C=CC1=C(C)C(=O)C(O)=CC1(C)C)=CC=CC=C(C)C=CC=C(C)C=CC1=C(C)C(=O)C(O)CC1(C)C. The molecule has 2 rings (SSSR count). The van der Waals surface area contributed by atoms with Crippen LogP contribution in [0.5, 0.6) is 0 Å². The first-order valence-electron chi connectivity index (χ1n) is 15.2. The molecule has 0 heterocycles. The van der Waals surface area contributed by atoms with E-state index in [2.05, 4.69) is 26.0 Å². The van der Waals surface area contributed by atoms with Crippen molar-refractivity contribution in [3.63, 3.8) is 0 Å². The molecule has 2 aliphatic rings. The fourth-order valence-corrected chi connectivity index (χ4v) is 5.32. The first-order chi connectivity index (χ1) is 20.5. The smallest absolute Gasteiger partial charge is 0.222 e.